The molecule has 0 fully saturated rings. The van der Waals surface area contributed by atoms with Gasteiger partial charge in [0.1, 0.15) is 12.4 Å². The SMILES string of the molecule is COCC(=O)Nc1nnc(SCC(=O)Nc2ccc(F)cc2)s1. The fraction of sp³-hybridized carbons (Fsp3) is 0.231. The van der Waals surface area contributed by atoms with E-state index in [1.54, 1.807) is 0 Å². The fourth-order valence-corrected chi connectivity index (χ4v) is 3.03. The topological polar surface area (TPSA) is 93.2 Å². The van der Waals surface area contributed by atoms with Crippen LogP contribution in [0.25, 0.3) is 0 Å². The number of rotatable bonds is 7. The minimum Gasteiger partial charge on any atom is -0.375 e. The number of hydrogen-bond donors (Lipinski definition) is 2. The zero-order valence-corrected chi connectivity index (χ0v) is 13.7. The Bertz CT molecular complexity index is 678. The molecule has 23 heavy (non-hydrogen) atoms. The van der Waals surface area contributed by atoms with Gasteiger partial charge in [-0.15, -0.1) is 10.2 Å². The molecule has 0 radical (unpaired) electrons. The smallest absolute Gasteiger partial charge is 0.252 e. The molecule has 0 saturated heterocycles. The second kappa shape index (κ2) is 8.56. The highest BCUT2D eigenvalue weighted by atomic mass is 32.2. The lowest BCUT2D eigenvalue weighted by atomic mass is 10.3. The molecule has 0 bridgehead atoms. The molecule has 2 aromatic rings. The Labute approximate surface area is 139 Å². The number of nitrogens with one attached hydrogen (secondary N) is 2. The van der Waals surface area contributed by atoms with Crippen LogP contribution in [0.1, 0.15) is 0 Å². The van der Waals surface area contributed by atoms with Gasteiger partial charge in [-0.1, -0.05) is 23.1 Å². The Morgan fingerprint density at radius 1 is 1.22 bits per heavy atom. The van der Waals surface area contributed by atoms with E-state index in [4.69, 9.17) is 0 Å². The molecule has 2 amide bonds. The van der Waals surface area contributed by atoms with Gasteiger partial charge in [-0.3, -0.25) is 14.9 Å². The molecule has 0 atom stereocenters. The van der Waals surface area contributed by atoms with Crippen molar-refractivity contribution in [1.29, 1.82) is 0 Å². The van der Waals surface area contributed by atoms with E-state index in [1.807, 2.05) is 0 Å². The van der Waals surface area contributed by atoms with Crippen molar-refractivity contribution in [2.75, 3.05) is 30.1 Å². The lowest BCUT2D eigenvalue weighted by molar-refractivity contribution is -0.119. The summed E-state index contributed by atoms with van der Waals surface area (Å²) in [4.78, 5) is 23.1. The summed E-state index contributed by atoms with van der Waals surface area (Å²) in [5.41, 5.74) is 0.516. The van der Waals surface area contributed by atoms with E-state index >= 15 is 0 Å². The van der Waals surface area contributed by atoms with Gasteiger partial charge in [-0.2, -0.15) is 0 Å². The van der Waals surface area contributed by atoms with Crippen LogP contribution in [0.15, 0.2) is 28.6 Å². The lowest BCUT2D eigenvalue weighted by Crippen LogP contribution is -2.16. The van der Waals surface area contributed by atoms with Gasteiger partial charge >= 0.3 is 0 Å². The highest BCUT2D eigenvalue weighted by Gasteiger charge is 2.10. The summed E-state index contributed by atoms with van der Waals surface area (Å²) in [6, 6.07) is 5.49. The van der Waals surface area contributed by atoms with Gasteiger partial charge in [0.25, 0.3) is 5.91 Å². The number of thioether (sulfide) groups is 1. The van der Waals surface area contributed by atoms with Gasteiger partial charge in [-0.25, -0.2) is 4.39 Å². The Morgan fingerprint density at radius 2 is 1.96 bits per heavy atom. The largest absolute Gasteiger partial charge is 0.375 e. The number of amides is 2. The van der Waals surface area contributed by atoms with Crippen molar-refractivity contribution >= 4 is 45.7 Å². The second-order valence-electron chi connectivity index (χ2n) is 4.20. The first-order valence-corrected chi connectivity index (χ1v) is 8.17. The van der Waals surface area contributed by atoms with E-state index in [1.165, 1.54) is 43.1 Å². The average Bonchev–Trinajstić information content (AvgIpc) is 2.95. The fourth-order valence-electron chi connectivity index (χ4n) is 1.46. The summed E-state index contributed by atoms with van der Waals surface area (Å²) in [5.74, 6) is -0.816. The number of methoxy groups -OCH3 is 1. The number of benzene rings is 1. The highest BCUT2D eigenvalue weighted by Crippen LogP contribution is 2.25. The minimum absolute atomic E-state index is 0.0673. The minimum atomic E-state index is -0.366. The highest BCUT2D eigenvalue weighted by molar-refractivity contribution is 8.01. The van der Waals surface area contributed by atoms with Crippen LogP contribution in [0.4, 0.5) is 15.2 Å². The van der Waals surface area contributed by atoms with E-state index in [-0.39, 0.29) is 30.0 Å². The number of aromatic nitrogens is 2. The van der Waals surface area contributed by atoms with Crippen LogP contribution in [-0.2, 0) is 14.3 Å². The van der Waals surface area contributed by atoms with Crippen LogP contribution in [-0.4, -0.2) is 41.5 Å². The third-order valence-electron chi connectivity index (χ3n) is 2.38. The summed E-state index contributed by atoms with van der Waals surface area (Å²) in [6.07, 6.45) is 0. The van der Waals surface area contributed by atoms with Crippen molar-refractivity contribution in [3.8, 4) is 0 Å². The van der Waals surface area contributed by atoms with Crippen molar-refractivity contribution < 1.29 is 18.7 Å². The first kappa shape index (κ1) is 17.3. The molecule has 0 aliphatic carbocycles. The summed E-state index contributed by atoms with van der Waals surface area (Å²) in [5, 5.41) is 13.2. The molecule has 2 rings (SSSR count). The average molecular weight is 356 g/mol. The summed E-state index contributed by atoms with van der Waals surface area (Å²) in [6.45, 7) is -0.0673. The van der Waals surface area contributed by atoms with E-state index in [0.29, 0.717) is 15.2 Å². The number of nitrogens with zero attached hydrogens (tertiary/aromatic N) is 2. The van der Waals surface area contributed by atoms with Crippen LogP contribution in [0, 0.1) is 5.82 Å². The number of hydrogen-bond acceptors (Lipinski definition) is 7. The number of carbonyl (C=O) groups is 2. The van der Waals surface area contributed by atoms with E-state index in [2.05, 4.69) is 25.6 Å². The number of halogens is 1. The van der Waals surface area contributed by atoms with Crippen molar-refractivity contribution in [2.45, 2.75) is 4.34 Å². The van der Waals surface area contributed by atoms with E-state index < -0.39 is 0 Å². The molecular weight excluding hydrogens is 343 g/mol. The quantitative estimate of drug-likeness (QED) is 0.582. The summed E-state index contributed by atoms with van der Waals surface area (Å²) < 4.78 is 18.0. The third kappa shape index (κ3) is 5.93. The standard InChI is InChI=1S/C13H13FN4O3S2/c1-21-6-10(19)16-12-17-18-13(23-12)22-7-11(20)15-9-4-2-8(14)3-5-9/h2-5H,6-7H2,1H3,(H,15,20)(H,16,17,19). The van der Waals surface area contributed by atoms with Crippen molar-refractivity contribution in [2.24, 2.45) is 0 Å². The van der Waals surface area contributed by atoms with Gasteiger partial charge in [0.2, 0.25) is 11.0 Å². The summed E-state index contributed by atoms with van der Waals surface area (Å²) >= 11 is 2.35. The summed E-state index contributed by atoms with van der Waals surface area (Å²) in [7, 11) is 1.42. The predicted molar refractivity (Wildman–Crippen MR) is 86.2 cm³/mol. The molecule has 1 aromatic heterocycles. The molecule has 7 nitrogen and oxygen atoms in total. The maximum Gasteiger partial charge on any atom is 0.252 e. The molecule has 0 aliphatic rings. The van der Waals surface area contributed by atoms with Gasteiger partial charge in [0.15, 0.2) is 4.34 Å². The lowest BCUT2D eigenvalue weighted by Gasteiger charge is -2.03. The third-order valence-corrected chi connectivity index (χ3v) is 4.35. The van der Waals surface area contributed by atoms with Crippen LogP contribution < -0.4 is 10.6 Å². The van der Waals surface area contributed by atoms with Crippen molar-refractivity contribution in [1.82, 2.24) is 10.2 Å². The van der Waals surface area contributed by atoms with Crippen LogP contribution >= 0.6 is 23.1 Å². The van der Waals surface area contributed by atoms with Crippen LogP contribution in [0.5, 0.6) is 0 Å². The monoisotopic (exact) mass is 356 g/mol. The second-order valence-corrected chi connectivity index (χ2v) is 6.40. The molecular formula is C13H13FN4O3S2. The molecule has 2 N–H and O–H groups in total. The van der Waals surface area contributed by atoms with E-state index in [0.717, 1.165) is 11.3 Å². The predicted octanol–water partition coefficient (Wildman–Crippen LogP) is 1.99. The zero-order valence-electron chi connectivity index (χ0n) is 12.0. The molecule has 10 heteroatoms. The Morgan fingerprint density at radius 3 is 2.65 bits per heavy atom. The number of anilines is 2. The van der Waals surface area contributed by atoms with Crippen molar-refractivity contribution in [3.05, 3.63) is 30.1 Å². The van der Waals surface area contributed by atoms with Gasteiger partial charge < -0.3 is 10.1 Å². The van der Waals surface area contributed by atoms with Gasteiger partial charge in [-0.05, 0) is 24.3 Å². The van der Waals surface area contributed by atoms with Gasteiger partial charge in [0, 0.05) is 12.8 Å². The molecule has 122 valence electrons. The molecule has 0 unspecified atom stereocenters. The molecule has 0 saturated carbocycles. The number of carbonyl (C=O) groups excluding carboxylic acids is 2. The van der Waals surface area contributed by atoms with E-state index in [9.17, 15) is 14.0 Å². The maximum absolute atomic E-state index is 12.8. The first-order valence-electron chi connectivity index (χ1n) is 6.37. The van der Waals surface area contributed by atoms with Crippen molar-refractivity contribution in [3.63, 3.8) is 0 Å². The molecule has 1 heterocycles. The first-order chi connectivity index (χ1) is 11.1. The maximum atomic E-state index is 12.8. The van der Waals surface area contributed by atoms with Crippen LogP contribution in [0.2, 0.25) is 0 Å². The van der Waals surface area contributed by atoms with Crippen LogP contribution in [0.3, 0.4) is 0 Å². The Hall–Kier alpha value is -2.04. The van der Waals surface area contributed by atoms with Gasteiger partial charge in [0.05, 0.1) is 5.75 Å². The molecule has 1 aromatic carbocycles. The zero-order chi connectivity index (χ0) is 16.7. The Kier molecular flexibility index (Phi) is 6.44. The molecule has 0 aliphatic heterocycles. The number of ether oxygens (including phenoxy) is 1. The molecule has 0 spiro atoms. The normalized spacial score (nSPS) is 10.3. The Balaban J connectivity index is 1.79.